The van der Waals surface area contributed by atoms with Crippen molar-refractivity contribution in [3.05, 3.63) is 62.5 Å². The lowest BCUT2D eigenvalue weighted by Gasteiger charge is -2.26. The summed E-state index contributed by atoms with van der Waals surface area (Å²) >= 11 is 1.52. The molecular formula is C20H21N3O2S. The SMILES string of the molecule is Cc1sc2ncn(CC(=O)N[C@H]3CCCc4ccccc43)c(=O)c2c1C. The highest BCUT2D eigenvalue weighted by molar-refractivity contribution is 7.18. The van der Waals surface area contributed by atoms with Crippen LogP contribution in [0.15, 0.2) is 35.4 Å². The number of carbonyl (C=O) groups excluding carboxylic acids is 1. The minimum atomic E-state index is -0.153. The summed E-state index contributed by atoms with van der Waals surface area (Å²) in [7, 11) is 0. The van der Waals surface area contributed by atoms with Gasteiger partial charge in [-0.2, -0.15) is 0 Å². The van der Waals surface area contributed by atoms with Crippen LogP contribution >= 0.6 is 11.3 Å². The van der Waals surface area contributed by atoms with E-state index in [4.69, 9.17) is 0 Å². The number of amides is 1. The third-order valence-corrected chi connectivity index (χ3v) is 6.29. The van der Waals surface area contributed by atoms with Gasteiger partial charge in [-0.25, -0.2) is 4.98 Å². The van der Waals surface area contributed by atoms with Gasteiger partial charge in [-0.1, -0.05) is 24.3 Å². The molecule has 2 heterocycles. The molecule has 1 aromatic carbocycles. The number of carbonyl (C=O) groups is 1. The van der Waals surface area contributed by atoms with E-state index in [0.29, 0.717) is 5.39 Å². The molecule has 0 saturated heterocycles. The zero-order valence-corrected chi connectivity index (χ0v) is 15.7. The summed E-state index contributed by atoms with van der Waals surface area (Å²) in [4.78, 5) is 31.5. The molecule has 0 unspecified atom stereocenters. The number of nitrogens with one attached hydrogen (secondary N) is 1. The van der Waals surface area contributed by atoms with Crippen LogP contribution in [0, 0.1) is 13.8 Å². The summed E-state index contributed by atoms with van der Waals surface area (Å²) < 4.78 is 1.41. The van der Waals surface area contributed by atoms with Gasteiger partial charge in [0.2, 0.25) is 5.91 Å². The van der Waals surface area contributed by atoms with E-state index in [9.17, 15) is 9.59 Å². The average molecular weight is 367 g/mol. The van der Waals surface area contributed by atoms with Crippen molar-refractivity contribution in [1.82, 2.24) is 14.9 Å². The first kappa shape index (κ1) is 17.0. The first-order valence-corrected chi connectivity index (χ1v) is 9.68. The Morgan fingerprint density at radius 3 is 3.00 bits per heavy atom. The second-order valence-electron chi connectivity index (χ2n) is 6.85. The summed E-state index contributed by atoms with van der Waals surface area (Å²) in [6, 6.07) is 8.26. The van der Waals surface area contributed by atoms with Crippen LogP contribution in [0.1, 0.15) is 40.5 Å². The Morgan fingerprint density at radius 1 is 1.35 bits per heavy atom. The van der Waals surface area contributed by atoms with Gasteiger partial charge in [-0.05, 0) is 49.8 Å². The number of aromatic nitrogens is 2. The van der Waals surface area contributed by atoms with Crippen LogP contribution in [0.25, 0.3) is 10.2 Å². The summed E-state index contributed by atoms with van der Waals surface area (Å²) in [5.41, 5.74) is 3.31. The molecule has 1 aliphatic rings. The predicted octanol–water partition coefficient (Wildman–Crippen LogP) is 3.27. The van der Waals surface area contributed by atoms with Crippen LogP contribution in [0.5, 0.6) is 0 Å². The molecule has 0 bridgehead atoms. The lowest BCUT2D eigenvalue weighted by Crippen LogP contribution is -2.36. The fraction of sp³-hybridized carbons (Fsp3) is 0.350. The molecule has 4 rings (SSSR count). The number of rotatable bonds is 3. The van der Waals surface area contributed by atoms with Crippen molar-refractivity contribution in [2.24, 2.45) is 0 Å². The topological polar surface area (TPSA) is 64.0 Å². The fourth-order valence-corrected chi connectivity index (χ4v) is 4.67. The third kappa shape index (κ3) is 2.94. The zero-order valence-electron chi connectivity index (χ0n) is 14.9. The van der Waals surface area contributed by atoms with E-state index in [2.05, 4.69) is 22.4 Å². The smallest absolute Gasteiger partial charge is 0.262 e. The second-order valence-corrected chi connectivity index (χ2v) is 8.06. The van der Waals surface area contributed by atoms with Crippen molar-refractivity contribution >= 4 is 27.5 Å². The number of thiophene rings is 1. The number of hydrogen-bond acceptors (Lipinski definition) is 4. The molecule has 2 aromatic heterocycles. The van der Waals surface area contributed by atoms with Gasteiger partial charge in [-0.15, -0.1) is 11.3 Å². The lowest BCUT2D eigenvalue weighted by atomic mass is 9.88. The second kappa shape index (κ2) is 6.68. The van der Waals surface area contributed by atoms with Crippen molar-refractivity contribution in [2.45, 2.75) is 45.7 Å². The summed E-state index contributed by atoms with van der Waals surface area (Å²) in [6.45, 7) is 3.91. The summed E-state index contributed by atoms with van der Waals surface area (Å²) in [5.74, 6) is -0.153. The largest absolute Gasteiger partial charge is 0.348 e. The van der Waals surface area contributed by atoms with E-state index >= 15 is 0 Å². The van der Waals surface area contributed by atoms with Gasteiger partial charge in [0.15, 0.2) is 0 Å². The Hall–Kier alpha value is -2.47. The van der Waals surface area contributed by atoms with E-state index in [0.717, 1.165) is 34.5 Å². The number of benzene rings is 1. The van der Waals surface area contributed by atoms with Gasteiger partial charge >= 0.3 is 0 Å². The molecule has 0 spiro atoms. The highest BCUT2D eigenvalue weighted by atomic mass is 32.1. The molecule has 3 aromatic rings. The maximum absolute atomic E-state index is 12.7. The first-order valence-electron chi connectivity index (χ1n) is 8.87. The predicted molar refractivity (Wildman–Crippen MR) is 104 cm³/mol. The van der Waals surface area contributed by atoms with E-state index < -0.39 is 0 Å². The highest BCUT2D eigenvalue weighted by Crippen LogP contribution is 2.29. The van der Waals surface area contributed by atoms with Crippen molar-refractivity contribution in [3.8, 4) is 0 Å². The quantitative estimate of drug-likeness (QED) is 0.773. The first-order chi connectivity index (χ1) is 12.5. The average Bonchev–Trinajstić information content (AvgIpc) is 2.93. The van der Waals surface area contributed by atoms with Gasteiger partial charge in [0.05, 0.1) is 17.8 Å². The molecule has 6 heteroatoms. The minimum Gasteiger partial charge on any atom is -0.348 e. The molecule has 0 saturated carbocycles. The molecule has 0 aliphatic heterocycles. The summed E-state index contributed by atoms with van der Waals surface area (Å²) in [5, 5.41) is 3.73. The van der Waals surface area contributed by atoms with Crippen LogP contribution < -0.4 is 10.9 Å². The molecule has 134 valence electrons. The van der Waals surface area contributed by atoms with Crippen LogP contribution in [-0.4, -0.2) is 15.5 Å². The van der Waals surface area contributed by atoms with Crippen LogP contribution in [-0.2, 0) is 17.8 Å². The van der Waals surface area contributed by atoms with Crippen molar-refractivity contribution < 1.29 is 4.79 Å². The number of hydrogen-bond donors (Lipinski definition) is 1. The molecule has 0 fully saturated rings. The standard InChI is InChI=1S/C20H21N3O2S/c1-12-13(2)26-19-18(12)20(25)23(11-21-19)10-17(24)22-16-9-5-7-14-6-3-4-8-15(14)16/h3-4,6,8,11,16H,5,7,9-10H2,1-2H3,(H,22,24)/t16-/m0/s1. The van der Waals surface area contributed by atoms with Crippen LogP contribution in [0.4, 0.5) is 0 Å². The summed E-state index contributed by atoms with van der Waals surface area (Å²) in [6.07, 6.45) is 4.52. The Morgan fingerprint density at radius 2 is 2.15 bits per heavy atom. The van der Waals surface area contributed by atoms with Gasteiger partial charge in [0.1, 0.15) is 11.4 Å². The molecule has 5 nitrogen and oxygen atoms in total. The van der Waals surface area contributed by atoms with Gasteiger partial charge in [0, 0.05) is 4.88 Å². The number of nitrogens with zero attached hydrogens (tertiary/aromatic N) is 2. The Labute approximate surface area is 155 Å². The maximum atomic E-state index is 12.7. The highest BCUT2D eigenvalue weighted by Gasteiger charge is 2.22. The Kier molecular flexibility index (Phi) is 4.36. The molecule has 1 N–H and O–H groups in total. The van der Waals surface area contributed by atoms with Gasteiger partial charge in [0.25, 0.3) is 5.56 Å². The molecule has 0 radical (unpaired) electrons. The molecular weight excluding hydrogens is 346 g/mol. The zero-order chi connectivity index (χ0) is 18.3. The fourth-order valence-electron chi connectivity index (χ4n) is 3.68. The van der Waals surface area contributed by atoms with Crippen molar-refractivity contribution in [1.29, 1.82) is 0 Å². The molecule has 1 aliphatic carbocycles. The Balaban J connectivity index is 1.56. The van der Waals surface area contributed by atoms with Gasteiger partial charge < -0.3 is 5.32 Å². The molecule has 1 amide bonds. The van der Waals surface area contributed by atoms with Crippen LogP contribution in [0.3, 0.4) is 0 Å². The lowest BCUT2D eigenvalue weighted by molar-refractivity contribution is -0.122. The maximum Gasteiger partial charge on any atom is 0.262 e. The third-order valence-electron chi connectivity index (χ3n) is 5.17. The number of aryl methyl sites for hydroxylation is 3. The number of fused-ring (bicyclic) bond motifs is 2. The normalized spacial score (nSPS) is 16.5. The van der Waals surface area contributed by atoms with Crippen molar-refractivity contribution in [2.75, 3.05) is 0 Å². The van der Waals surface area contributed by atoms with E-state index in [1.165, 1.54) is 33.4 Å². The van der Waals surface area contributed by atoms with Gasteiger partial charge in [-0.3, -0.25) is 14.2 Å². The monoisotopic (exact) mass is 367 g/mol. The van der Waals surface area contributed by atoms with E-state index in [1.54, 1.807) is 0 Å². The van der Waals surface area contributed by atoms with E-state index in [-0.39, 0.29) is 24.1 Å². The minimum absolute atomic E-state index is 0.00518. The molecule has 1 atom stereocenters. The van der Waals surface area contributed by atoms with Crippen molar-refractivity contribution in [3.63, 3.8) is 0 Å². The van der Waals surface area contributed by atoms with Crippen LogP contribution in [0.2, 0.25) is 0 Å². The Bertz CT molecular complexity index is 1050. The molecule has 26 heavy (non-hydrogen) atoms. The van der Waals surface area contributed by atoms with E-state index in [1.807, 2.05) is 26.0 Å².